The van der Waals surface area contributed by atoms with E-state index >= 15 is 0 Å². The summed E-state index contributed by atoms with van der Waals surface area (Å²) in [6.07, 6.45) is 1.38. The van der Waals surface area contributed by atoms with Gasteiger partial charge < -0.3 is 19.5 Å². The van der Waals surface area contributed by atoms with Gasteiger partial charge in [0, 0.05) is 29.3 Å². The molecular weight excluding hydrogens is 452 g/mol. The average Bonchev–Trinajstić information content (AvgIpc) is 2.79. The predicted molar refractivity (Wildman–Crippen MR) is 121 cm³/mol. The van der Waals surface area contributed by atoms with Crippen LogP contribution in [0.15, 0.2) is 47.3 Å². The lowest BCUT2D eigenvalue weighted by molar-refractivity contribution is -0.385. The molecule has 33 heavy (non-hydrogen) atoms. The first-order valence-electron chi connectivity index (χ1n) is 10.4. The third-order valence-electron chi connectivity index (χ3n) is 4.55. The number of nitro groups is 1. The van der Waals surface area contributed by atoms with Crippen LogP contribution in [-0.2, 0) is 28.6 Å². The SMILES string of the molecule is CCOC(=O)CSCC1=C(C(=O)OCC)C(c2ccccc2[N+](=O)[O-])C(C(=O)OCC)=CN1. The number of nitro benzene ring substituents is 1. The summed E-state index contributed by atoms with van der Waals surface area (Å²) in [7, 11) is 0. The molecule has 1 heterocycles. The molecule has 11 heteroatoms. The molecule has 178 valence electrons. The number of nitrogens with zero attached hydrogens (tertiary/aromatic N) is 1. The van der Waals surface area contributed by atoms with Crippen molar-refractivity contribution in [3.8, 4) is 0 Å². The standard InChI is InChI=1S/C22H26N2O8S/c1-4-30-18(25)13-33-12-16-20(22(27)32-6-3)19(15(11-23-16)21(26)31-5-2)14-9-7-8-10-17(14)24(28)29/h7-11,19,23H,4-6,12-13H2,1-3H3. The Hall–Kier alpha value is -3.34. The van der Waals surface area contributed by atoms with Crippen LogP contribution >= 0.6 is 11.8 Å². The maximum Gasteiger partial charge on any atom is 0.336 e. The van der Waals surface area contributed by atoms with E-state index in [1.54, 1.807) is 26.8 Å². The fourth-order valence-corrected chi connectivity index (χ4v) is 4.07. The minimum absolute atomic E-state index is 0.0355. The molecule has 0 fully saturated rings. The summed E-state index contributed by atoms with van der Waals surface area (Å²) < 4.78 is 15.3. The van der Waals surface area contributed by atoms with E-state index in [0.29, 0.717) is 5.70 Å². The quantitative estimate of drug-likeness (QED) is 0.219. The number of hydrogen-bond donors (Lipinski definition) is 1. The van der Waals surface area contributed by atoms with Gasteiger partial charge in [-0.05, 0) is 20.8 Å². The van der Waals surface area contributed by atoms with Gasteiger partial charge in [0.15, 0.2) is 0 Å². The second-order valence-corrected chi connectivity index (χ2v) is 7.61. The molecule has 1 aromatic rings. The largest absolute Gasteiger partial charge is 0.465 e. The summed E-state index contributed by atoms with van der Waals surface area (Å²) in [4.78, 5) is 48.6. The van der Waals surface area contributed by atoms with E-state index in [-0.39, 0.29) is 53.7 Å². The highest BCUT2D eigenvalue weighted by Gasteiger charge is 2.39. The van der Waals surface area contributed by atoms with Crippen molar-refractivity contribution in [1.82, 2.24) is 5.32 Å². The van der Waals surface area contributed by atoms with Crippen molar-refractivity contribution in [3.63, 3.8) is 0 Å². The lowest BCUT2D eigenvalue weighted by Crippen LogP contribution is -2.32. The van der Waals surface area contributed by atoms with E-state index < -0.39 is 28.7 Å². The first-order valence-corrected chi connectivity index (χ1v) is 11.5. The van der Waals surface area contributed by atoms with Gasteiger partial charge in [0.2, 0.25) is 0 Å². The van der Waals surface area contributed by atoms with Crippen LogP contribution in [0.5, 0.6) is 0 Å². The molecule has 1 aliphatic heterocycles. The van der Waals surface area contributed by atoms with Gasteiger partial charge in [-0.3, -0.25) is 14.9 Å². The van der Waals surface area contributed by atoms with E-state index in [1.807, 2.05) is 0 Å². The number of esters is 3. The zero-order chi connectivity index (χ0) is 24.4. The van der Waals surface area contributed by atoms with Crippen LogP contribution in [-0.4, -0.2) is 54.2 Å². The van der Waals surface area contributed by atoms with Gasteiger partial charge >= 0.3 is 17.9 Å². The topological polar surface area (TPSA) is 134 Å². The Morgan fingerprint density at radius 1 is 1.03 bits per heavy atom. The number of ether oxygens (including phenoxy) is 3. The summed E-state index contributed by atoms with van der Waals surface area (Å²) in [5.41, 5.74) is 0.361. The van der Waals surface area contributed by atoms with Crippen LogP contribution in [0.3, 0.4) is 0 Å². The molecular formula is C22H26N2O8S. The van der Waals surface area contributed by atoms with E-state index in [4.69, 9.17) is 14.2 Å². The Labute approximate surface area is 195 Å². The van der Waals surface area contributed by atoms with Crippen molar-refractivity contribution in [2.45, 2.75) is 26.7 Å². The molecule has 0 spiro atoms. The van der Waals surface area contributed by atoms with Crippen molar-refractivity contribution < 1.29 is 33.5 Å². The second-order valence-electron chi connectivity index (χ2n) is 6.62. The molecule has 0 radical (unpaired) electrons. The fraction of sp³-hybridized carbons (Fsp3) is 0.409. The minimum atomic E-state index is -1.09. The van der Waals surface area contributed by atoms with Gasteiger partial charge in [-0.1, -0.05) is 18.2 Å². The van der Waals surface area contributed by atoms with Crippen molar-refractivity contribution >= 4 is 35.4 Å². The van der Waals surface area contributed by atoms with Crippen molar-refractivity contribution in [3.05, 3.63) is 63.0 Å². The number of hydrogen-bond acceptors (Lipinski definition) is 10. The average molecular weight is 479 g/mol. The van der Waals surface area contributed by atoms with Crippen molar-refractivity contribution in [1.29, 1.82) is 0 Å². The van der Waals surface area contributed by atoms with Gasteiger partial charge in [-0.15, -0.1) is 11.8 Å². The predicted octanol–water partition coefficient (Wildman–Crippen LogP) is 2.84. The zero-order valence-corrected chi connectivity index (χ0v) is 19.4. The maximum atomic E-state index is 13.0. The minimum Gasteiger partial charge on any atom is -0.465 e. The van der Waals surface area contributed by atoms with Crippen molar-refractivity contribution in [2.75, 3.05) is 31.3 Å². The zero-order valence-electron chi connectivity index (χ0n) is 18.6. The Balaban J connectivity index is 2.59. The highest BCUT2D eigenvalue weighted by molar-refractivity contribution is 8.00. The second kappa shape index (κ2) is 12.6. The summed E-state index contributed by atoms with van der Waals surface area (Å²) in [6.45, 7) is 5.36. The van der Waals surface area contributed by atoms with Crippen LogP contribution in [0.1, 0.15) is 32.3 Å². The number of rotatable bonds is 11. The third-order valence-corrected chi connectivity index (χ3v) is 5.48. The summed E-state index contributed by atoms with van der Waals surface area (Å²) in [6, 6.07) is 5.88. The normalized spacial score (nSPS) is 15.2. The Kier molecular flexibility index (Phi) is 9.92. The lowest BCUT2D eigenvalue weighted by Gasteiger charge is -2.28. The van der Waals surface area contributed by atoms with Gasteiger partial charge in [-0.2, -0.15) is 0 Å². The number of thioether (sulfide) groups is 1. The molecule has 1 N–H and O–H groups in total. The van der Waals surface area contributed by atoms with Crippen molar-refractivity contribution in [2.24, 2.45) is 0 Å². The molecule has 1 unspecified atom stereocenters. The van der Waals surface area contributed by atoms with E-state index in [1.165, 1.54) is 36.2 Å². The molecule has 0 bridgehead atoms. The Bertz CT molecular complexity index is 973. The van der Waals surface area contributed by atoms with Gasteiger partial charge in [0.05, 0.1) is 47.6 Å². The van der Waals surface area contributed by atoms with Crippen LogP contribution in [0.2, 0.25) is 0 Å². The lowest BCUT2D eigenvalue weighted by atomic mass is 9.81. The van der Waals surface area contributed by atoms with Gasteiger partial charge in [0.1, 0.15) is 0 Å². The van der Waals surface area contributed by atoms with Gasteiger partial charge in [0.25, 0.3) is 5.69 Å². The van der Waals surface area contributed by atoms with E-state index in [2.05, 4.69) is 5.32 Å². The third kappa shape index (κ3) is 6.58. The molecule has 10 nitrogen and oxygen atoms in total. The molecule has 1 aliphatic rings. The van der Waals surface area contributed by atoms with E-state index in [0.717, 1.165) is 0 Å². The number of carbonyl (C=O) groups excluding carboxylic acids is 3. The molecule has 0 saturated heterocycles. The smallest absolute Gasteiger partial charge is 0.336 e. The monoisotopic (exact) mass is 478 g/mol. The molecule has 0 amide bonds. The summed E-state index contributed by atoms with van der Waals surface area (Å²) >= 11 is 1.19. The molecule has 0 aromatic heterocycles. The molecule has 1 atom stereocenters. The molecule has 0 saturated carbocycles. The summed E-state index contributed by atoms with van der Waals surface area (Å²) in [5.74, 6) is -2.72. The first-order chi connectivity index (χ1) is 15.8. The van der Waals surface area contributed by atoms with Crippen LogP contribution in [0.25, 0.3) is 0 Å². The number of nitrogens with one attached hydrogen (secondary N) is 1. The molecule has 2 rings (SSSR count). The Morgan fingerprint density at radius 3 is 2.30 bits per heavy atom. The number of para-hydroxylation sites is 1. The highest BCUT2D eigenvalue weighted by atomic mass is 32.2. The number of carbonyl (C=O) groups is 3. The first kappa shape index (κ1) is 25.9. The van der Waals surface area contributed by atoms with Crippen LogP contribution in [0, 0.1) is 10.1 Å². The fourth-order valence-electron chi connectivity index (χ4n) is 3.28. The Morgan fingerprint density at radius 2 is 1.67 bits per heavy atom. The summed E-state index contributed by atoms with van der Waals surface area (Å²) in [5, 5.41) is 14.7. The molecule has 0 aliphatic carbocycles. The molecule has 1 aromatic carbocycles. The number of dihydropyridines is 1. The highest BCUT2D eigenvalue weighted by Crippen LogP contribution is 2.41. The van der Waals surface area contributed by atoms with E-state index in [9.17, 15) is 24.5 Å². The maximum absolute atomic E-state index is 13.0. The number of benzene rings is 1. The van der Waals surface area contributed by atoms with Gasteiger partial charge in [-0.25, -0.2) is 9.59 Å². The van der Waals surface area contributed by atoms with Crippen LogP contribution in [0.4, 0.5) is 5.69 Å². The van der Waals surface area contributed by atoms with Crippen LogP contribution < -0.4 is 5.32 Å².